The maximum atomic E-state index is 3.88. The molecule has 0 saturated heterocycles. The Labute approximate surface area is 65.9 Å². The molecule has 0 radical (unpaired) electrons. The van der Waals surface area contributed by atoms with Crippen LogP contribution in [0.25, 0.3) is 12.2 Å². The lowest BCUT2D eigenvalue weighted by Gasteiger charge is -1.90. The van der Waals surface area contributed by atoms with Crippen molar-refractivity contribution >= 4 is 12.2 Å². The van der Waals surface area contributed by atoms with Crippen molar-refractivity contribution in [1.29, 1.82) is 0 Å². The zero-order chi connectivity index (χ0) is 8.27. The van der Waals surface area contributed by atoms with Crippen molar-refractivity contribution < 1.29 is 0 Å². The molecule has 1 rings (SSSR count). The molecule has 0 unspecified atom stereocenters. The fourth-order valence-corrected chi connectivity index (χ4v) is 1.03. The highest BCUT2D eigenvalue weighted by molar-refractivity contribution is 5.54. The van der Waals surface area contributed by atoms with Crippen LogP contribution in [-0.2, 0) is 0 Å². The van der Waals surface area contributed by atoms with Crippen molar-refractivity contribution in [1.82, 2.24) is 10.2 Å². The van der Waals surface area contributed by atoms with Gasteiger partial charge in [-0.1, -0.05) is 26.2 Å². The van der Waals surface area contributed by atoms with Crippen LogP contribution in [0.1, 0.15) is 13.3 Å². The van der Waals surface area contributed by atoms with Gasteiger partial charge < -0.3 is 0 Å². The van der Waals surface area contributed by atoms with E-state index in [2.05, 4.69) is 30.3 Å². The summed E-state index contributed by atoms with van der Waals surface area (Å²) in [5, 5.41) is 8.60. The number of aromatic amines is 1. The predicted molar refractivity (Wildman–Crippen MR) is 47.3 cm³/mol. The lowest BCUT2D eigenvalue weighted by molar-refractivity contribution is 1.06. The second kappa shape index (κ2) is 3.19. The molecule has 11 heavy (non-hydrogen) atoms. The number of nitrogens with one attached hydrogen (secondary N) is 1. The predicted octanol–water partition coefficient (Wildman–Crippen LogP) is 0.567. The van der Waals surface area contributed by atoms with Gasteiger partial charge in [-0.3, -0.25) is 5.10 Å². The van der Waals surface area contributed by atoms with Crippen LogP contribution < -0.4 is 10.6 Å². The van der Waals surface area contributed by atoms with Gasteiger partial charge in [0.2, 0.25) is 0 Å². The Morgan fingerprint density at radius 3 is 2.91 bits per heavy atom. The van der Waals surface area contributed by atoms with E-state index in [-0.39, 0.29) is 0 Å². The van der Waals surface area contributed by atoms with Gasteiger partial charge in [0.05, 0.1) is 11.5 Å². The first-order valence-corrected chi connectivity index (χ1v) is 3.63. The molecule has 0 aliphatic rings. The average molecular weight is 148 g/mol. The Hall–Kier alpha value is -1.31. The van der Waals surface area contributed by atoms with Crippen LogP contribution in [0.2, 0.25) is 0 Å². The van der Waals surface area contributed by atoms with Crippen molar-refractivity contribution in [3.05, 3.63) is 29.4 Å². The number of H-pyrrole nitrogens is 1. The zero-order valence-corrected chi connectivity index (χ0v) is 6.72. The minimum absolute atomic E-state index is 0.863. The summed E-state index contributed by atoms with van der Waals surface area (Å²) in [5.41, 5.74) is 1.18. The fraction of sp³-hybridized carbons (Fsp3) is 0.222. The summed E-state index contributed by atoms with van der Waals surface area (Å²) in [6.07, 6.45) is 4.59. The molecule has 1 N–H and O–H groups in total. The van der Waals surface area contributed by atoms with E-state index in [9.17, 15) is 0 Å². The van der Waals surface area contributed by atoms with Gasteiger partial charge in [0.25, 0.3) is 0 Å². The second-order valence-electron chi connectivity index (χ2n) is 2.35. The molecule has 1 aromatic rings. The van der Waals surface area contributed by atoms with E-state index in [4.69, 9.17) is 0 Å². The molecule has 0 bridgehead atoms. The molecule has 0 aliphatic carbocycles. The van der Waals surface area contributed by atoms with E-state index < -0.39 is 0 Å². The summed E-state index contributed by atoms with van der Waals surface area (Å²) in [6, 6.07) is 0. The Morgan fingerprint density at radius 2 is 2.55 bits per heavy atom. The minimum atomic E-state index is 0.863. The number of hydrogen-bond acceptors (Lipinski definition) is 1. The van der Waals surface area contributed by atoms with Crippen LogP contribution in [0.3, 0.4) is 0 Å². The van der Waals surface area contributed by atoms with Crippen LogP contribution >= 0.6 is 0 Å². The van der Waals surface area contributed by atoms with E-state index in [1.54, 1.807) is 6.20 Å². The van der Waals surface area contributed by atoms with Gasteiger partial charge in [-0.05, 0) is 12.0 Å². The number of nitrogens with zero attached hydrogens (tertiary/aromatic N) is 1. The van der Waals surface area contributed by atoms with Gasteiger partial charge in [0, 0.05) is 5.22 Å². The minimum Gasteiger partial charge on any atom is -0.278 e. The molecule has 58 valence electrons. The normalized spacial score (nSPS) is 12.8. The molecule has 0 spiro atoms. The molecule has 1 heterocycles. The molecule has 2 heteroatoms. The van der Waals surface area contributed by atoms with Crippen LogP contribution in [0.15, 0.2) is 18.9 Å². The number of aromatic nitrogens is 2. The lowest BCUT2D eigenvalue weighted by atomic mass is 10.1. The van der Waals surface area contributed by atoms with Gasteiger partial charge in [0.1, 0.15) is 0 Å². The quantitative estimate of drug-likeness (QED) is 0.652. The second-order valence-corrected chi connectivity index (χ2v) is 2.35. The van der Waals surface area contributed by atoms with Crippen molar-refractivity contribution in [2.45, 2.75) is 13.3 Å². The summed E-state index contributed by atoms with van der Waals surface area (Å²) in [4.78, 5) is 0. The molecule has 0 aromatic carbocycles. The van der Waals surface area contributed by atoms with Gasteiger partial charge in [0.15, 0.2) is 0 Å². The van der Waals surface area contributed by atoms with E-state index >= 15 is 0 Å². The van der Waals surface area contributed by atoms with Crippen LogP contribution in [-0.4, -0.2) is 10.2 Å². The van der Waals surface area contributed by atoms with Crippen molar-refractivity contribution in [2.24, 2.45) is 0 Å². The summed E-state index contributed by atoms with van der Waals surface area (Å²) < 4.78 is 0. The third-order valence-corrected chi connectivity index (χ3v) is 1.69. The highest BCUT2D eigenvalue weighted by atomic mass is 15.1. The third kappa shape index (κ3) is 1.40. The lowest BCUT2D eigenvalue weighted by Crippen LogP contribution is -2.22. The Kier molecular flexibility index (Phi) is 2.26. The first-order chi connectivity index (χ1) is 5.29. The SMILES string of the molecule is C=C/C(CC)=c1/cn[nH]c1=C. The molecular formula is C9H12N2. The number of hydrogen-bond donors (Lipinski definition) is 1. The van der Waals surface area contributed by atoms with E-state index in [1.807, 2.05) is 6.08 Å². The Balaban J connectivity index is 3.46. The zero-order valence-electron chi connectivity index (χ0n) is 6.72. The number of rotatable bonds is 2. The maximum absolute atomic E-state index is 3.88. The van der Waals surface area contributed by atoms with E-state index in [0.717, 1.165) is 17.0 Å². The summed E-state index contributed by atoms with van der Waals surface area (Å²) >= 11 is 0. The first-order valence-electron chi connectivity index (χ1n) is 3.63. The van der Waals surface area contributed by atoms with Crippen LogP contribution in [0.5, 0.6) is 0 Å². The summed E-state index contributed by atoms with van der Waals surface area (Å²) in [7, 11) is 0. The van der Waals surface area contributed by atoms with Gasteiger partial charge in [-0.2, -0.15) is 5.10 Å². The largest absolute Gasteiger partial charge is 0.278 e. The first kappa shape index (κ1) is 7.79. The average Bonchev–Trinajstić information content (AvgIpc) is 2.40. The van der Waals surface area contributed by atoms with E-state index in [1.165, 1.54) is 5.57 Å². The highest BCUT2D eigenvalue weighted by Gasteiger charge is 1.91. The van der Waals surface area contributed by atoms with Crippen molar-refractivity contribution in [3.63, 3.8) is 0 Å². The van der Waals surface area contributed by atoms with Gasteiger partial charge in [-0.25, -0.2) is 0 Å². The topological polar surface area (TPSA) is 28.7 Å². The monoisotopic (exact) mass is 148 g/mol. The molecule has 0 amide bonds. The number of allylic oxidation sites excluding steroid dienone is 1. The van der Waals surface area contributed by atoms with Crippen molar-refractivity contribution in [2.75, 3.05) is 0 Å². The molecule has 0 aliphatic heterocycles. The molecule has 1 aromatic heterocycles. The van der Waals surface area contributed by atoms with Crippen LogP contribution in [0, 0.1) is 0 Å². The smallest absolute Gasteiger partial charge is 0.0581 e. The van der Waals surface area contributed by atoms with Crippen molar-refractivity contribution in [3.8, 4) is 0 Å². The Bertz CT molecular complexity index is 346. The third-order valence-electron chi connectivity index (χ3n) is 1.69. The molecule has 0 atom stereocenters. The van der Waals surface area contributed by atoms with E-state index in [0.29, 0.717) is 0 Å². The molecular weight excluding hydrogens is 136 g/mol. The van der Waals surface area contributed by atoms with Gasteiger partial charge >= 0.3 is 0 Å². The van der Waals surface area contributed by atoms with Gasteiger partial charge in [-0.15, -0.1) is 0 Å². The Morgan fingerprint density at radius 1 is 1.82 bits per heavy atom. The summed E-state index contributed by atoms with van der Waals surface area (Å²) in [5.74, 6) is 0. The summed E-state index contributed by atoms with van der Waals surface area (Å²) in [6.45, 7) is 9.62. The maximum Gasteiger partial charge on any atom is 0.0581 e. The highest BCUT2D eigenvalue weighted by Crippen LogP contribution is 1.97. The standard InChI is InChI=1S/C9H12N2/c1-4-8(5-2)9-6-10-11-7(9)3/h4,6,11H,1,3,5H2,2H3/b9-8+. The molecule has 0 fully saturated rings. The fourth-order valence-electron chi connectivity index (χ4n) is 1.03. The molecule has 0 saturated carbocycles. The molecule has 2 nitrogen and oxygen atoms in total. The van der Waals surface area contributed by atoms with Crippen LogP contribution in [0.4, 0.5) is 0 Å².